The van der Waals surface area contributed by atoms with Crippen LogP contribution in [0.15, 0.2) is 29.8 Å². The lowest BCUT2D eigenvalue weighted by atomic mass is 9.94. The molecule has 1 aromatic heterocycles. The number of hydrogen-bond donors (Lipinski definition) is 2. The predicted molar refractivity (Wildman–Crippen MR) is 102 cm³/mol. The number of benzene rings is 1. The number of Topliss-reactive ketones (excluding diaryl/α,β-unsaturated/α-hetero) is 1. The van der Waals surface area contributed by atoms with Gasteiger partial charge in [0.25, 0.3) is 11.7 Å². The van der Waals surface area contributed by atoms with E-state index >= 15 is 0 Å². The topological polar surface area (TPSA) is 89.5 Å². The molecule has 1 amide bonds. The molecule has 1 aliphatic rings. The molecule has 2 aromatic rings. The molecule has 0 saturated carbocycles. The lowest BCUT2D eigenvalue weighted by molar-refractivity contribution is -0.140. The molecule has 8 heteroatoms. The molecule has 0 spiro atoms. The summed E-state index contributed by atoms with van der Waals surface area (Å²) in [4.78, 5) is 28.8. The smallest absolute Gasteiger partial charge is 0.295 e. The van der Waals surface area contributed by atoms with E-state index in [0.29, 0.717) is 23.5 Å². The van der Waals surface area contributed by atoms with E-state index < -0.39 is 23.5 Å². The Morgan fingerprint density at radius 3 is 2.54 bits per heavy atom. The van der Waals surface area contributed by atoms with Crippen molar-refractivity contribution in [1.82, 2.24) is 20.0 Å². The lowest BCUT2D eigenvalue weighted by Crippen LogP contribution is -2.35. The maximum atomic E-state index is 14.6. The highest BCUT2D eigenvalue weighted by Gasteiger charge is 2.47. The van der Waals surface area contributed by atoms with Crippen molar-refractivity contribution in [1.29, 1.82) is 0 Å². The van der Waals surface area contributed by atoms with E-state index in [1.54, 1.807) is 19.9 Å². The van der Waals surface area contributed by atoms with Crippen molar-refractivity contribution in [2.45, 2.75) is 19.9 Å². The van der Waals surface area contributed by atoms with Gasteiger partial charge in [-0.2, -0.15) is 5.10 Å². The third kappa shape index (κ3) is 3.31. The molecule has 2 N–H and O–H groups in total. The highest BCUT2D eigenvalue weighted by molar-refractivity contribution is 6.46. The average Bonchev–Trinajstić information content (AvgIpc) is 3.10. The van der Waals surface area contributed by atoms with Crippen LogP contribution in [0.5, 0.6) is 0 Å². The van der Waals surface area contributed by atoms with Crippen LogP contribution in [-0.2, 0) is 9.59 Å². The molecule has 1 aromatic carbocycles. The Labute approximate surface area is 162 Å². The third-order valence-corrected chi connectivity index (χ3v) is 4.89. The fourth-order valence-corrected chi connectivity index (χ4v) is 3.47. The van der Waals surface area contributed by atoms with Crippen molar-refractivity contribution in [3.8, 4) is 0 Å². The number of aromatic nitrogens is 2. The second kappa shape index (κ2) is 7.55. The van der Waals surface area contributed by atoms with Gasteiger partial charge in [0, 0.05) is 24.3 Å². The Morgan fingerprint density at radius 1 is 1.29 bits per heavy atom. The third-order valence-electron chi connectivity index (χ3n) is 4.89. The molecule has 0 bridgehead atoms. The molecule has 1 fully saturated rings. The van der Waals surface area contributed by atoms with Crippen LogP contribution in [0.2, 0.25) is 0 Å². The average molecular weight is 386 g/mol. The van der Waals surface area contributed by atoms with E-state index in [0.717, 1.165) is 0 Å². The van der Waals surface area contributed by atoms with Gasteiger partial charge in [-0.3, -0.25) is 14.7 Å². The molecule has 0 aliphatic carbocycles. The van der Waals surface area contributed by atoms with Crippen LogP contribution in [0, 0.1) is 19.7 Å². The molecule has 1 atom stereocenters. The van der Waals surface area contributed by atoms with Gasteiger partial charge < -0.3 is 14.9 Å². The van der Waals surface area contributed by atoms with Crippen molar-refractivity contribution in [2.24, 2.45) is 0 Å². The SMILES string of the molecule is Cc1n[nH]c(C)c1/C(O)=C1\C(=O)C(=O)N(CCN(C)C)C1c1ccccc1F. The van der Waals surface area contributed by atoms with E-state index in [-0.39, 0.29) is 23.4 Å². The van der Waals surface area contributed by atoms with Gasteiger partial charge in [0.1, 0.15) is 11.6 Å². The van der Waals surface area contributed by atoms with Crippen molar-refractivity contribution in [2.75, 3.05) is 27.2 Å². The number of rotatable bonds is 5. The number of carbonyl (C=O) groups excluding carboxylic acids is 2. The Kier molecular flexibility index (Phi) is 5.33. The predicted octanol–water partition coefficient (Wildman–Crippen LogP) is 2.15. The minimum absolute atomic E-state index is 0.124. The summed E-state index contributed by atoms with van der Waals surface area (Å²) in [6, 6.07) is 4.97. The summed E-state index contributed by atoms with van der Waals surface area (Å²) < 4.78 is 14.6. The first-order valence-electron chi connectivity index (χ1n) is 8.93. The van der Waals surface area contributed by atoms with Gasteiger partial charge in [-0.25, -0.2) is 4.39 Å². The lowest BCUT2D eigenvalue weighted by Gasteiger charge is -2.26. The first-order chi connectivity index (χ1) is 13.2. The molecule has 7 nitrogen and oxygen atoms in total. The number of aromatic amines is 1. The Bertz CT molecular complexity index is 945. The zero-order valence-electron chi connectivity index (χ0n) is 16.3. The van der Waals surface area contributed by atoms with Crippen LogP contribution in [-0.4, -0.2) is 64.0 Å². The number of likely N-dealkylation sites (N-methyl/N-ethyl adjacent to an activating group) is 1. The van der Waals surface area contributed by atoms with Crippen molar-refractivity contribution >= 4 is 17.4 Å². The maximum Gasteiger partial charge on any atom is 0.295 e. The van der Waals surface area contributed by atoms with Gasteiger partial charge in [-0.15, -0.1) is 0 Å². The van der Waals surface area contributed by atoms with Gasteiger partial charge in [0.05, 0.1) is 22.9 Å². The summed E-state index contributed by atoms with van der Waals surface area (Å²) >= 11 is 0. The molecule has 1 saturated heterocycles. The number of carbonyl (C=O) groups is 2. The van der Waals surface area contributed by atoms with Gasteiger partial charge in [-0.1, -0.05) is 18.2 Å². The summed E-state index contributed by atoms with van der Waals surface area (Å²) in [7, 11) is 3.68. The van der Waals surface area contributed by atoms with Crippen molar-refractivity contribution in [3.63, 3.8) is 0 Å². The molecule has 28 heavy (non-hydrogen) atoms. The van der Waals surface area contributed by atoms with E-state index in [1.165, 1.54) is 23.1 Å². The summed E-state index contributed by atoms with van der Waals surface area (Å²) in [5.41, 5.74) is 1.44. The van der Waals surface area contributed by atoms with Crippen LogP contribution in [0.3, 0.4) is 0 Å². The number of amides is 1. The first-order valence-corrected chi connectivity index (χ1v) is 8.93. The van der Waals surface area contributed by atoms with Crippen LogP contribution >= 0.6 is 0 Å². The Balaban J connectivity index is 2.22. The molecular formula is C20H23FN4O3. The standard InChI is InChI=1S/C20H23FN4O3/c1-11-15(12(2)23-22-11)18(26)16-17(13-7-5-6-8-14(13)21)25(10-9-24(3)4)20(28)19(16)27/h5-8,17,26H,9-10H2,1-4H3,(H,22,23)/b18-16+. The molecule has 1 unspecified atom stereocenters. The summed E-state index contributed by atoms with van der Waals surface area (Å²) in [5.74, 6) is -2.47. The monoisotopic (exact) mass is 386 g/mol. The molecule has 0 radical (unpaired) electrons. The Hall–Kier alpha value is -3.00. The van der Waals surface area contributed by atoms with Crippen LogP contribution in [0.4, 0.5) is 4.39 Å². The van der Waals surface area contributed by atoms with E-state index in [4.69, 9.17) is 0 Å². The van der Waals surface area contributed by atoms with Crippen LogP contribution < -0.4 is 0 Å². The number of ketones is 1. The number of nitrogens with one attached hydrogen (secondary N) is 1. The number of aryl methyl sites for hydroxylation is 2. The highest BCUT2D eigenvalue weighted by Crippen LogP contribution is 2.40. The van der Waals surface area contributed by atoms with E-state index in [1.807, 2.05) is 19.0 Å². The first kappa shape index (κ1) is 19.8. The molecule has 2 heterocycles. The zero-order valence-corrected chi connectivity index (χ0v) is 16.3. The second-order valence-corrected chi connectivity index (χ2v) is 7.13. The van der Waals surface area contributed by atoms with Gasteiger partial charge >= 0.3 is 0 Å². The number of hydrogen-bond acceptors (Lipinski definition) is 5. The Morgan fingerprint density at radius 2 is 1.96 bits per heavy atom. The zero-order chi connectivity index (χ0) is 20.6. The van der Waals surface area contributed by atoms with Crippen LogP contribution in [0.25, 0.3) is 5.76 Å². The summed E-state index contributed by atoms with van der Waals surface area (Å²) in [5, 5.41) is 17.8. The van der Waals surface area contributed by atoms with Gasteiger partial charge in [-0.05, 0) is 34.0 Å². The quantitative estimate of drug-likeness (QED) is 0.467. The van der Waals surface area contributed by atoms with E-state index in [2.05, 4.69) is 10.2 Å². The minimum Gasteiger partial charge on any atom is -0.507 e. The van der Waals surface area contributed by atoms with Crippen molar-refractivity contribution in [3.05, 3.63) is 58.2 Å². The number of nitrogens with zero attached hydrogens (tertiary/aromatic N) is 3. The molecular weight excluding hydrogens is 363 g/mol. The maximum absolute atomic E-state index is 14.6. The summed E-state index contributed by atoms with van der Waals surface area (Å²) in [6.07, 6.45) is 0. The van der Waals surface area contributed by atoms with Crippen LogP contribution in [0.1, 0.15) is 28.6 Å². The largest absolute Gasteiger partial charge is 0.507 e. The van der Waals surface area contributed by atoms with Gasteiger partial charge in [0.2, 0.25) is 0 Å². The highest BCUT2D eigenvalue weighted by atomic mass is 19.1. The fourth-order valence-electron chi connectivity index (χ4n) is 3.47. The number of aliphatic hydroxyl groups is 1. The summed E-state index contributed by atoms with van der Waals surface area (Å²) in [6.45, 7) is 4.09. The fraction of sp³-hybridized carbons (Fsp3) is 0.350. The number of aliphatic hydroxyl groups excluding tert-OH is 1. The minimum atomic E-state index is -1.00. The van der Waals surface area contributed by atoms with Crippen molar-refractivity contribution < 1.29 is 19.1 Å². The molecule has 148 valence electrons. The van der Waals surface area contributed by atoms with Gasteiger partial charge in [0.15, 0.2) is 0 Å². The number of H-pyrrole nitrogens is 1. The second-order valence-electron chi connectivity index (χ2n) is 7.13. The number of likely N-dealkylation sites (tertiary alicyclic amines) is 1. The normalized spacial score (nSPS) is 19.1. The number of halogens is 1. The van der Waals surface area contributed by atoms with E-state index in [9.17, 15) is 19.1 Å². The molecule has 1 aliphatic heterocycles. The molecule has 3 rings (SSSR count).